The van der Waals surface area contributed by atoms with Gasteiger partial charge in [0, 0.05) is 15.8 Å². The van der Waals surface area contributed by atoms with Gasteiger partial charge in [0.2, 0.25) is 0 Å². The van der Waals surface area contributed by atoms with Crippen LogP contribution in [0.5, 0.6) is 0 Å². The van der Waals surface area contributed by atoms with E-state index in [0.29, 0.717) is 19.1 Å². The summed E-state index contributed by atoms with van der Waals surface area (Å²) in [5, 5.41) is 13.1. The lowest BCUT2D eigenvalue weighted by Crippen LogP contribution is -2.24. The largest absolute Gasteiger partial charge is 0.449 e. The van der Waals surface area contributed by atoms with Gasteiger partial charge in [0.1, 0.15) is 6.61 Å². The average molecular weight is 267 g/mol. The summed E-state index contributed by atoms with van der Waals surface area (Å²) in [6, 6.07) is 1.88. The van der Waals surface area contributed by atoms with Crippen molar-refractivity contribution in [3.8, 4) is 11.8 Å². The number of hydrogen-bond donors (Lipinski definition) is 2. The molecular formula is C13H17NO3S. The van der Waals surface area contributed by atoms with Crippen LogP contribution in [-0.2, 0) is 11.3 Å². The second-order valence-corrected chi connectivity index (χ2v) is 5.10. The zero-order valence-electron chi connectivity index (χ0n) is 10.5. The Kier molecular flexibility index (Phi) is 6.26. The summed E-state index contributed by atoms with van der Waals surface area (Å²) in [5.74, 6) is 5.72. The lowest BCUT2D eigenvalue weighted by molar-refractivity contribution is 0.132. The molecule has 0 spiro atoms. The molecule has 0 bridgehead atoms. The molecule has 0 saturated carbocycles. The maximum Gasteiger partial charge on any atom is 0.407 e. The molecule has 0 aliphatic rings. The highest BCUT2D eigenvalue weighted by Gasteiger charge is 2.04. The third-order valence-corrected chi connectivity index (χ3v) is 2.86. The highest BCUT2D eigenvalue weighted by Crippen LogP contribution is 2.13. The summed E-state index contributed by atoms with van der Waals surface area (Å²) in [4.78, 5) is 12.3. The highest BCUT2D eigenvalue weighted by atomic mass is 32.1. The first-order chi connectivity index (χ1) is 8.61. The van der Waals surface area contributed by atoms with Gasteiger partial charge in [-0.3, -0.25) is 0 Å². The number of hydrogen-bond acceptors (Lipinski definition) is 4. The predicted octanol–water partition coefficient (Wildman–Crippen LogP) is 1.97. The van der Waals surface area contributed by atoms with E-state index in [2.05, 4.69) is 17.2 Å². The number of thiophene rings is 1. The van der Waals surface area contributed by atoms with Crippen LogP contribution in [0, 0.1) is 17.8 Å². The van der Waals surface area contributed by atoms with Crippen molar-refractivity contribution in [3.63, 3.8) is 0 Å². The number of aliphatic hydroxyl groups excluding tert-OH is 1. The smallest absolute Gasteiger partial charge is 0.407 e. The zero-order valence-corrected chi connectivity index (χ0v) is 11.3. The first kappa shape index (κ1) is 14.6. The fourth-order valence-electron chi connectivity index (χ4n) is 1.13. The van der Waals surface area contributed by atoms with E-state index in [4.69, 9.17) is 9.84 Å². The van der Waals surface area contributed by atoms with Crippen molar-refractivity contribution < 1.29 is 14.6 Å². The van der Waals surface area contributed by atoms with Crippen molar-refractivity contribution in [1.82, 2.24) is 5.32 Å². The van der Waals surface area contributed by atoms with Crippen LogP contribution in [0.1, 0.15) is 24.3 Å². The van der Waals surface area contributed by atoms with E-state index in [-0.39, 0.29) is 6.61 Å². The molecule has 0 saturated heterocycles. The molecule has 0 unspecified atom stereocenters. The quantitative estimate of drug-likeness (QED) is 0.820. The average Bonchev–Trinajstić information content (AvgIpc) is 2.79. The van der Waals surface area contributed by atoms with Crippen LogP contribution in [-0.4, -0.2) is 24.4 Å². The molecule has 5 heteroatoms. The van der Waals surface area contributed by atoms with E-state index >= 15 is 0 Å². The Morgan fingerprint density at radius 1 is 1.61 bits per heavy atom. The van der Waals surface area contributed by atoms with Crippen molar-refractivity contribution in [2.45, 2.75) is 20.4 Å². The van der Waals surface area contributed by atoms with Gasteiger partial charge in [-0.1, -0.05) is 25.7 Å². The minimum absolute atomic E-state index is 0.148. The van der Waals surface area contributed by atoms with Crippen LogP contribution in [0.2, 0.25) is 0 Å². The van der Waals surface area contributed by atoms with E-state index in [9.17, 15) is 4.79 Å². The van der Waals surface area contributed by atoms with Crippen LogP contribution >= 0.6 is 11.3 Å². The second kappa shape index (κ2) is 7.75. The number of aliphatic hydroxyl groups is 1. The number of amides is 1. The van der Waals surface area contributed by atoms with E-state index in [1.165, 1.54) is 11.3 Å². The van der Waals surface area contributed by atoms with Crippen molar-refractivity contribution in [3.05, 3.63) is 21.9 Å². The Balaban J connectivity index is 2.35. The molecule has 1 heterocycles. The maximum absolute atomic E-state index is 11.3. The Hall–Kier alpha value is -1.51. The molecule has 18 heavy (non-hydrogen) atoms. The number of alkyl carbamates (subject to hydrolysis) is 1. The third-order valence-electron chi connectivity index (χ3n) is 1.92. The molecule has 2 N–H and O–H groups in total. The maximum atomic E-state index is 11.3. The summed E-state index contributed by atoms with van der Waals surface area (Å²) in [6.07, 6.45) is -0.403. The standard InChI is InChI=1S/C13H17NO3S/c1-10(2)8-17-13(16)14-7-12-6-11(9-18-12)4-3-5-15/h6,9-10,15H,5,7-8H2,1-2H3,(H,14,16). The number of ether oxygens (including phenoxy) is 1. The second-order valence-electron chi connectivity index (χ2n) is 4.11. The third kappa shape index (κ3) is 5.71. The molecule has 0 radical (unpaired) electrons. The fourth-order valence-corrected chi connectivity index (χ4v) is 1.89. The van der Waals surface area contributed by atoms with Gasteiger partial charge in [0.25, 0.3) is 0 Å². The molecule has 4 nitrogen and oxygen atoms in total. The van der Waals surface area contributed by atoms with Crippen molar-refractivity contribution in [1.29, 1.82) is 0 Å². The summed E-state index contributed by atoms with van der Waals surface area (Å²) in [6.45, 7) is 4.67. The number of carbonyl (C=O) groups excluding carboxylic acids is 1. The normalized spacial score (nSPS) is 9.78. The molecule has 0 fully saturated rings. The van der Waals surface area contributed by atoms with Crippen molar-refractivity contribution in [2.24, 2.45) is 5.92 Å². The van der Waals surface area contributed by atoms with Crippen LogP contribution < -0.4 is 5.32 Å². The summed E-state index contributed by atoms with van der Waals surface area (Å²) < 4.78 is 4.99. The minimum Gasteiger partial charge on any atom is -0.449 e. The Bertz CT molecular complexity index is 443. The lowest BCUT2D eigenvalue weighted by Gasteiger charge is -2.07. The van der Waals surface area contributed by atoms with E-state index in [1.807, 2.05) is 25.3 Å². The van der Waals surface area contributed by atoms with Gasteiger partial charge in [0.15, 0.2) is 0 Å². The summed E-state index contributed by atoms with van der Waals surface area (Å²) in [7, 11) is 0. The van der Waals surface area contributed by atoms with Gasteiger partial charge < -0.3 is 15.2 Å². The van der Waals surface area contributed by atoms with Crippen LogP contribution in [0.15, 0.2) is 11.4 Å². The molecule has 1 aromatic heterocycles. The molecule has 0 aliphatic heterocycles. The first-order valence-corrected chi connectivity index (χ1v) is 6.57. The van der Waals surface area contributed by atoms with E-state index in [0.717, 1.165) is 10.4 Å². The predicted molar refractivity (Wildman–Crippen MR) is 71.3 cm³/mol. The van der Waals surface area contributed by atoms with Crippen LogP contribution in [0.4, 0.5) is 4.79 Å². The Morgan fingerprint density at radius 3 is 3.06 bits per heavy atom. The van der Waals surface area contributed by atoms with Crippen LogP contribution in [0.3, 0.4) is 0 Å². The van der Waals surface area contributed by atoms with Crippen molar-refractivity contribution >= 4 is 17.4 Å². The van der Waals surface area contributed by atoms with Gasteiger partial charge in [-0.15, -0.1) is 11.3 Å². The first-order valence-electron chi connectivity index (χ1n) is 5.69. The molecule has 0 aromatic carbocycles. The zero-order chi connectivity index (χ0) is 13.4. The molecule has 1 aromatic rings. The molecule has 1 amide bonds. The van der Waals surface area contributed by atoms with Gasteiger partial charge >= 0.3 is 6.09 Å². The molecule has 98 valence electrons. The van der Waals surface area contributed by atoms with Gasteiger partial charge in [0.05, 0.1) is 13.2 Å². The molecule has 0 atom stereocenters. The highest BCUT2D eigenvalue weighted by molar-refractivity contribution is 7.10. The molecular weight excluding hydrogens is 250 g/mol. The van der Waals surface area contributed by atoms with Gasteiger partial charge in [-0.05, 0) is 12.0 Å². The van der Waals surface area contributed by atoms with E-state index < -0.39 is 6.09 Å². The minimum atomic E-state index is -0.403. The fraction of sp³-hybridized carbons (Fsp3) is 0.462. The number of carbonyl (C=O) groups is 1. The van der Waals surface area contributed by atoms with Crippen LogP contribution in [0.25, 0.3) is 0 Å². The van der Waals surface area contributed by atoms with Gasteiger partial charge in [-0.25, -0.2) is 4.79 Å². The number of rotatable bonds is 4. The monoisotopic (exact) mass is 267 g/mol. The van der Waals surface area contributed by atoms with Crippen molar-refractivity contribution in [2.75, 3.05) is 13.2 Å². The summed E-state index contributed by atoms with van der Waals surface area (Å²) >= 11 is 1.51. The Morgan fingerprint density at radius 2 is 2.39 bits per heavy atom. The van der Waals surface area contributed by atoms with E-state index in [1.54, 1.807) is 0 Å². The topological polar surface area (TPSA) is 58.6 Å². The SMILES string of the molecule is CC(C)COC(=O)NCc1cc(C#CCO)cs1. The molecule has 1 rings (SSSR count). The summed E-state index contributed by atoms with van der Waals surface area (Å²) in [5.41, 5.74) is 0.849. The number of nitrogens with one attached hydrogen (secondary N) is 1. The van der Waals surface area contributed by atoms with Gasteiger partial charge in [-0.2, -0.15) is 0 Å². The Labute approximate surface area is 111 Å². The molecule has 0 aliphatic carbocycles. The lowest BCUT2D eigenvalue weighted by atomic mass is 10.2.